The molecule has 22 heavy (non-hydrogen) atoms. The van der Waals surface area contributed by atoms with Crippen LogP contribution >= 0.6 is 11.6 Å². The lowest BCUT2D eigenvalue weighted by Crippen LogP contribution is -2.32. The Morgan fingerprint density at radius 2 is 2.00 bits per heavy atom. The number of rotatable bonds is 5. The highest BCUT2D eigenvalue weighted by molar-refractivity contribution is 6.31. The van der Waals surface area contributed by atoms with E-state index in [1.807, 2.05) is 50.2 Å². The van der Waals surface area contributed by atoms with Crippen LogP contribution in [0.15, 0.2) is 42.5 Å². The van der Waals surface area contributed by atoms with Gasteiger partial charge in [0.25, 0.3) is 0 Å². The van der Waals surface area contributed by atoms with Crippen molar-refractivity contribution in [1.29, 1.82) is 0 Å². The van der Waals surface area contributed by atoms with Crippen LogP contribution in [-0.2, 0) is 0 Å². The molecule has 0 saturated heterocycles. The van der Waals surface area contributed by atoms with Crippen LogP contribution in [0.1, 0.15) is 11.1 Å². The first-order valence-corrected chi connectivity index (χ1v) is 7.43. The Morgan fingerprint density at radius 3 is 2.73 bits per heavy atom. The first-order chi connectivity index (χ1) is 10.5. The van der Waals surface area contributed by atoms with Crippen LogP contribution in [0.2, 0.25) is 5.02 Å². The molecule has 0 saturated carbocycles. The Bertz CT molecular complexity index is 659. The van der Waals surface area contributed by atoms with E-state index in [2.05, 4.69) is 10.6 Å². The minimum Gasteiger partial charge on any atom is -0.492 e. The van der Waals surface area contributed by atoms with E-state index < -0.39 is 0 Å². The van der Waals surface area contributed by atoms with Gasteiger partial charge in [-0.05, 0) is 55.3 Å². The first kappa shape index (κ1) is 16.2. The molecule has 2 aromatic rings. The fourth-order valence-corrected chi connectivity index (χ4v) is 2.06. The van der Waals surface area contributed by atoms with Crippen molar-refractivity contribution < 1.29 is 9.53 Å². The molecule has 0 radical (unpaired) electrons. The largest absolute Gasteiger partial charge is 0.492 e. The number of urea groups is 1. The molecule has 0 atom stereocenters. The van der Waals surface area contributed by atoms with Crippen molar-refractivity contribution in [2.24, 2.45) is 0 Å². The zero-order chi connectivity index (χ0) is 15.9. The van der Waals surface area contributed by atoms with Gasteiger partial charge in [-0.15, -0.1) is 0 Å². The summed E-state index contributed by atoms with van der Waals surface area (Å²) in [4.78, 5) is 11.7. The van der Waals surface area contributed by atoms with Crippen molar-refractivity contribution in [3.8, 4) is 5.75 Å². The zero-order valence-corrected chi connectivity index (χ0v) is 13.4. The molecule has 0 aliphatic rings. The second kappa shape index (κ2) is 7.71. The fraction of sp³-hybridized carbons (Fsp3) is 0.235. The summed E-state index contributed by atoms with van der Waals surface area (Å²) in [7, 11) is 0. The maximum atomic E-state index is 11.7. The van der Waals surface area contributed by atoms with Gasteiger partial charge in [-0.3, -0.25) is 0 Å². The van der Waals surface area contributed by atoms with E-state index in [1.165, 1.54) is 0 Å². The highest BCUT2D eigenvalue weighted by atomic mass is 35.5. The quantitative estimate of drug-likeness (QED) is 0.813. The van der Waals surface area contributed by atoms with Crippen LogP contribution in [0, 0.1) is 13.8 Å². The van der Waals surface area contributed by atoms with Crippen LogP contribution < -0.4 is 15.4 Å². The molecular weight excluding hydrogens is 300 g/mol. The zero-order valence-electron chi connectivity index (χ0n) is 12.7. The molecule has 2 amide bonds. The number of hydrogen-bond acceptors (Lipinski definition) is 2. The SMILES string of the molecule is Cc1cccc(NC(=O)NCCOc2ccc(Cl)c(C)c2)c1. The summed E-state index contributed by atoms with van der Waals surface area (Å²) in [6, 6.07) is 12.9. The molecule has 0 bridgehead atoms. The maximum absolute atomic E-state index is 11.7. The number of aryl methyl sites for hydroxylation is 2. The van der Waals surface area contributed by atoms with Crippen LogP contribution in [0.25, 0.3) is 0 Å². The summed E-state index contributed by atoms with van der Waals surface area (Å²) in [5, 5.41) is 6.23. The number of halogens is 1. The van der Waals surface area contributed by atoms with E-state index >= 15 is 0 Å². The van der Waals surface area contributed by atoms with E-state index in [9.17, 15) is 4.79 Å². The van der Waals surface area contributed by atoms with Crippen molar-refractivity contribution in [2.45, 2.75) is 13.8 Å². The number of carbonyl (C=O) groups is 1. The van der Waals surface area contributed by atoms with E-state index in [1.54, 1.807) is 6.07 Å². The van der Waals surface area contributed by atoms with Crippen LogP contribution in [-0.4, -0.2) is 19.2 Å². The van der Waals surface area contributed by atoms with Gasteiger partial charge in [0, 0.05) is 10.7 Å². The number of amides is 2. The summed E-state index contributed by atoms with van der Waals surface area (Å²) in [6.07, 6.45) is 0. The molecule has 116 valence electrons. The molecule has 5 heteroatoms. The lowest BCUT2D eigenvalue weighted by Gasteiger charge is -2.10. The highest BCUT2D eigenvalue weighted by Crippen LogP contribution is 2.20. The summed E-state index contributed by atoms with van der Waals surface area (Å²) in [6.45, 7) is 4.70. The maximum Gasteiger partial charge on any atom is 0.319 e. The summed E-state index contributed by atoms with van der Waals surface area (Å²) in [5.41, 5.74) is 2.83. The molecule has 2 rings (SSSR count). The topological polar surface area (TPSA) is 50.4 Å². The summed E-state index contributed by atoms with van der Waals surface area (Å²) in [5.74, 6) is 0.739. The monoisotopic (exact) mass is 318 g/mol. The van der Waals surface area contributed by atoms with Gasteiger partial charge in [0.05, 0.1) is 6.54 Å². The van der Waals surface area contributed by atoms with E-state index in [0.29, 0.717) is 18.2 Å². The number of anilines is 1. The molecule has 0 aliphatic heterocycles. The summed E-state index contributed by atoms with van der Waals surface area (Å²) >= 11 is 5.95. The van der Waals surface area contributed by atoms with Crippen LogP contribution in [0.5, 0.6) is 5.75 Å². The normalized spacial score (nSPS) is 10.1. The average Bonchev–Trinajstić information content (AvgIpc) is 2.47. The van der Waals surface area contributed by atoms with Gasteiger partial charge in [0.1, 0.15) is 12.4 Å². The van der Waals surface area contributed by atoms with Gasteiger partial charge in [-0.25, -0.2) is 4.79 Å². The molecule has 2 N–H and O–H groups in total. The van der Waals surface area contributed by atoms with E-state index in [-0.39, 0.29) is 6.03 Å². The standard InChI is InChI=1S/C17H19ClN2O2/c1-12-4-3-5-14(10-12)20-17(21)19-8-9-22-15-6-7-16(18)13(2)11-15/h3-7,10-11H,8-9H2,1-2H3,(H2,19,20,21). The first-order valence-electron chi connectivity index (χ1n) is 7.05. The van der Waals surface area contributed by atoms with Crippen molar-refractivity contribution in [3.63, 3.8) is 0 Å². The second-order valence-electron chi connectivity index (χ2n) is 5.01. The number of nitrogens with one attached hydrogen (secondary N) is 2. The lowest BCUT2D eigenvalue weighted by molar-refractivity contribution is 0.247. The van der Waals surface area contributed by atoms with Crippen molar-refractivity contribution in [1.82, 2.24) is 5.32 Å². The predicted octanol–water partition coefficient (Wildman–Crippen LogP) is 4.16. The van der Waals surface area contributed by atoms with Gasteiger partial charge in [0.2, 0.25) is 0 Å². The van der Waals surface area contributed by atoms with Crippen LogP contribution in [0.4, 0.5) is 10.5 Å². The smallest absolute Gasteiger partial charge is 0.319 e. The van der Waals surface area contributed by atoms with Gasteiger partial charge in [-0.1, -0.05) is 23.7 Å². The third kappa shape index (κ3) is 4.97. The molecular formula is C17H19ClN2O2. The molecule has 0 spiro atoms. The molecule has 0 fully saturated rings. The minimum atomic E-state index is -0.249. The number of benzene rings is 2. The molecule has 0 aromatic heterocycles. The number of ether oxygens (including phenoxy) is 1. The van der Waals surface area contributed by atoms with Gasteiger partial charge >= 0.3 is 6.03 Å². The number of hydrogen-bond donors (Lipinski definition) is 2. The van der Waals surface area contributed by atoms with E-state index in [0.717, 1.165) is 22.6 Å². The minimum absolute atomic E-state index is 0.249. The van der Waals surface area contributed by atoms with E-state index in [4.69, 9.17) is 16.3 Å². The summed E-state index contributed by atoms with van der Waals surface area (Å²) < 4.78 is 5.56. The molecule has 0 heterocycles. The Kier molecular flexibility index (Phi) is 5.67. The second-order valence-corrected chi connectivity index (χ2v) is 5.42. The Morgan fingerprint density at radius 1 is 1.18 bits per heavy atom. The predicted molar refractivity (Wildman–Crippen MR) is 89.9 cm³/mol. The van der Waals surface area contributed by atoms with Gasteiger partial charge < -0.3 is 15.4 Å². The molecule has 0 aliphatic carbocycles. The third-order valence-corrected chi connectivity index (χ3v) is 3.49. The third-order valence-electron chi connectivity index (χ3n) is 3.06. The van der Waals surface area contributed by atoms with Crippen molar-refractivity contribution in [3.05, 3.63) is 58.6 Å². The Balaban J connectivity index is 1.72. The van der Waals surface area contributed by atoms with Gasteiger partial charge in [0.15, 0.2) is 0 Å². The highest BCUT2D eigenvalue weighted by Gasteiger charge is 2.02. The molecule has 0 unspecified atom stereocenters. The van der Waals surface area contributed by atoms with Crippen molar-refractivity contribution in [2.75, 3.05) is 18.5 Å². The molecule has 4 nitrogen and oxygen atoms in total. The van der Waals surface area contributed by atoms with Crippen LogP contribution in [0.3, 0.4) is 0 Å². The number of carbonyl (C=O) groups excluding carboxylic acids is 1. The Hall–Kier alpha value is -2.20. The van der Waals surface area contributed by atoms with Gasteiger partial charge in [-0.2, -0.15) is 0 Å². The average molecular weight is 319 g/mol. The van der Waals surface area contributed by atoms with Crippen molar-refractivity contribution >= 4 is 23.3 Å². The lowest BCUT2D eigenvalue weighted by atomic mass is 10.2. The molecule has 2 aromatic carbocycles. The Labute approximate surface area is 135 Å². The fourth-order valence-electron chi connectivity index (χ4n) is 1.94.